The number of likely N-dealkylation sites (N-methyl/N-ethyl adjacent to an activating group) is 1. The molecule has 0 aliphatic rings. The van der Waals surface area contributed by atoms with Crippen molar-refractivity contribution in [3.63, 3.8) is 0 Å². The quantitative estimate of drug-likeness (QED) is 0.0195. The van der Waals surface area contributed by atoms with E-state index >= 15 is 0 Å². The molecule has 0 aromatic rings. The summed E-state index contributed by atoms with van der Waals surface area (Å²) in [5.74, 6) is -2.29. The van der Waals surface area contributed by atoms with Gasteiger partial charge in [0.1, 0.15) is 13.2 Å². The number of rotatable bonds is 62. The lowest BCUT2D eigenvalue weighted by Crippen LogP contribution is -2.44. The Hall–Kier alpha value is -3.01. The van der Waals surface area contributed by atoms with Crippen molar-refractivity contribution in [2.24, 2.45) is 0 Å². The van der Waals surface area contributed by atoms with Gasteiger partial charge in [0.05, 0.1) is 40.3 Å². The number of nitrogens with zero attached hydrogens (tertiary/aromatic N) is 1. The van der Waals surface area contributed by atoms with Gasteiger partial charge in [-0.3, -0.25) is 9.59 Å². The van der Waals surface area contributed by atoms with Crippen molar-refractivity contribution in [1.82, 2.24) is 0 Å². The minimum absolute atomic E-state index is 0.144. The number of unbranched alkanes of at least 4 members (excludes halogenated alkanes) is 37. The van der Waals surface area contributed by atoms with Crippen LogP contribution in [0.15, 0.2) is 60.8 Å². The summed E-state index contributed by atoms with van der Waals surface area (Å²) >= 11 is 0. The minimum atomic E-state index is -1.63. The van der Waals surface area contributed by atoms with E-state index in [1.807, 2.05) is 21.1 Å². The third-order valence-corrected chi connectivity index (χ3v) is 14.7. The molecule has 0 heterocycles. The molecule has 0 saturated heterocycles. The van der Waals surface area contributed by atoms with Crippen molar-refractivity contribution < 1.29 is 42.9 Å². The summed E-state index contributed by atoms with van der Waals surface area (Å²) in [6.45, 7) is 4.65. The maximum absolute atomic E-state index is 12.9. The van der Waals surface area contributed by atoms with Gasteiger partial charge in [0.2, 0.25) is 0 Å². The standard InChI is InChI=1S/C70H127NO8/c1-6-8-10-12-14-16-18-20-22-24-26-27-28-29-30-31-32-33-34-35-36-37-38-39-40-41-43-44-46-48-50-52-54-56-58-60-67(72)77-64-66(65-78-70(69(74)75)76-63-62-71(3,4)5)79-68(73)61-59-57-55-53-51-49-47-45-42-25-23-21-19-17-15-13-11-9-7-2/h9,11,15,17,21,23-24,26,42,45,66,70H,6-8,10,12-14,16,18-20,22,25,27-41,43-44,46-65H2,1-5H3/b11-9-,17-15-,23-21-,26-24-,45-42-. The van der Waals surface area contributed by atoms with Crippen molar-refractivity contribution >= 4 is 17.9 Å². The summed E-state index contributed by atoms with van der Waals surface area (Å²) < 4.78 is 22.7. The van der Waals surface area contributed by atoms with Crippen LogP contribution in [0.25, 0.3) is 0 Å². The zero-order valence-electron chi connectivity index (χ0n) is 52.5. The first-order chi connectivity index (χ1) is 38.6. The van der Waals surface area contributed by atoms with Crippen molar-refractivity contribution in [1.29, 1.82) is 0 Å². The van der Waals surface area contributed by atoms with Crippen LogP contribution in [0.1, 0.15) is 309 Å². The van der Waals surface area contributed by atoms with E-state index in [9.17, 15) is 19.5 Å². The third-order valence-electron chi connectivity index (χ3n) is 14.7. The Bertz CT molecular complexity index is 1480. The second-order valence-corrected chi connectivity index (χ2v) is 23.7. The fraction of sp³-hybridized carbons (Fsp3) is 0.814. The molecule has 9 nitrogen and oxygen atoms in total. The molecule has 460 valence electrons. The molecule has 2 unspecified atom stereocenters. The molecule has 0 aromatic carbocycles. The Labute approximate surface area is 488 Å². The first kappa shape index (κ1) is 76.0. The number of carboxylic acids is 1. The zero-order chi connectivity index (χ0) is 57.6. The molecular weight excluding hydrogens is 983 g/mol. The van der Waals surface area contributed by atoms with Crippen LogP contribution in [-0.4, -0.2) is 82.3 Å². The first-order valence-corrected chi connectivity index (χ1v) is 33.4. The largest absolute Gasteiger partial charge is 0.545 e. The number of carbonyl (C=O) groups is 3. The number of carboxylic acid groups (broad SMARTS) is 1. The van der Waals surface area contributed by atoms with Crippen molar-refractivity contribution in [3.05, 3.63) is 60.8 Å². The molecule has 0 bridgehead atoms. The van der Waals surface area contributed by atoms with Gasteiger partial charge in [-0.05, 0) is 77.0 Å². The number of ether oxygens (including phenoxy) is 4. The van der Waals surface area contributed by atoms with Gasteiger partial charge in [0.25, 0.3) is 0 Å². The lowest BCUT2D eigenvalue weighted by atomic mass is 10.0. The normalized spacial score (nSPS) is 13.1. The van der Waals surface area contributed by atoms with Crippen LogP contribution >= 0.6 is 0 Å². The van der Waals surface area contributed by atoms with E-state index < -0.39 is 24.3 Å². The number of aliphatic carboxylic acids is 1. The number of esters is 2. The highest BCUT2D eigenvalue weighted by Crippen LogP contribution is 2.18. The van der Waals surface area contributed by atoms with Crippen LogP contribution < -0.4 is 5.11 Å². The molecular formula is C70H127NO8. The van der Waals surface area contributed by atoms with Gasteiger partial charge in [-0.15, -0.1) is 0 Å². The molecule has 0 saturated carbocycles. The summed E-state index contributed by atoms with van der Waals surface area (Å²) in [6.07, 6.45) is 76.0. The second kappa shape index (κ2) is 61.1. The Balaban J connectivity index is 4.03. The smallest absolute Gasteiger partial charge is 0.306 e. The lowest BCUT2D eigenvalue weighted by molar-refractivity contribution is -0.870. The van der Waals surface area contributed by atoms with Crippen molar-refractivity contribution in [2.45, 2.75) is 322 Å². The number of hydrogen-bond donors (Lipinski definition) is 0. The van der Waals surface area contributed by atoms with Crippen molar-refractivity contribution in [3.8, 4) is 0 Å². The fourth-order valence-corrected chi connectivity index (χ4v) is 9.64. The highest BCUT2D eigenvalue weighted by Gasteiger charge is 2.22. The third kappa shape index (κ3) is 62.4. The number of hydrogen-bond acceptors (Lipinski definition) is 8. The molecule has 9 heteroatoms. The van der Waals surface area contributed by atoms with E-state index in [2.05, 4.69) is 74.6 Å². The molecule has 0 aliphatic carbocycles. The predicted octanol–water partition coefficient (Wildman–Crippen LogP) is 19.0. The van der Waals surface area contributed by atoms with Gasteiger partial charge in [-0.1, -0.05) is 280 Å². The Morgan fingerprint density at radius 3 is 1.09 bits per heavy atom. The maximum Gasteiger partial charge on any atom is 0.306 e. The van der Waals surface area contributed by atoms with Gasteiger partial charge in [0.15, 0.2) is 12.4 Å². The van der Waals surface area contributed by atoms with Crippen LogP contribution in [0.4, 0.5) is 0 Å². The zero-order valence-corrected chi connectivity index (χ0v) is 52.5. The van der Waals surface area contributed by atoms with E-state index in [-0.39, 0.29) is 32.2 Å². The first-order valence-electron chi connectivity index (χ1n) is 33.4. The number of allylic oxidation sites excluding steroid dienone is 10. The topological polar surface area (TPSA) is 111 Å². The summed E-state index contributed by atoms with van der Waals surface area (Å²) in [5.41, 5.74) is 0. The SMILES string of the molecule is CC/C=C\C/C=C\C/C=C\C/C=C\CCCCCCCCC(=O)OC(COC(=O)CCCCCCCCCCCCCCCCCCCCCCCCC/C=C\CCCCCCCCCC)COC(OCC[N+](C)(C)C)C(=O)[O-]. The predicted molar refractivity (Wildman–Crippen MR) is 334 cm³/mol. The highest BCUT2D eigenvalue weighted by molar-refractivity contribution is 5.70. The fourth-order valence-electron chi connectivity index (χ4n) is 9.64. The molecule has 0 spiro atoms. The Morgan fingerprint density at radius 2 is 0.722 bits per heavy atom. The van der Waals surface area contributed by atoms with Gasteiger partial charge in [-0.2, -0.15) is 0 Å². The summed E-state index contributed by atoms with van der Waals surface area (Å²) in [4.78, 5) is 37.4. The van der Waals surface area contributed by atoms with Crippen LogP contribution in [0.2, 0.25) is 0 Å². The van der Waals surface area contributed by atoms with Gasteiger partial charge >= 0.3 is 11.9 Å². The molecule has 0 radical (unpaired) electrons. The molecule has 2 atom stereocenters. The van der Waals surface area contributed by atoms with E-state index in [0.717, 1.165) is 83.5 Å². The molecule has 0 rings (SSSR count). The minimum Gasteiger partial charge on any atom is -0.545 e. The van der Waals surface area contributed by atoms with Crippen LogP contribution in [-0.2, 0) is 33.3 Å². The van der Waals surface area contributed by atoms with Crippen LogP contribution in [0.5, 0.6) is 0 Å². The highest BCUT2D eigenvalue weighted by atomic mass is 16.7. The number of quaternary nitrogens is 1. The number of carbonyl (C=O) groups excluding carboxylic acids is 3. The van der Waals surface area contributed by atoms with E-state index in [1.165, 1.54) is 193 Å². The van der Waals surface area contributed by atoms with Gasteiger partial charge < -0.3 is 33.3 Å². The van der Waals surface area contributed by atoms with E-state index in [1.54, 1.807) is 0 Å². The lowest BCUT2D eigenvalue weighted by Gasteiger charge is -2.26. The van der Waals surface area contributed by atoms with Crippen molar-refractivity contribution in [2.75, 3.05) is 47.5 Å². The molecule has 0 fully saturated rings. The molecule has 0 N–H and O–H groups in total. The monoisotopic (exact) mass is 1110 g/mol. The summed E-state index contributed by atoms with van der Waals surface area (Å²) in [6, 6.07) is 0. The Morgan fingerprint density at radius 1 is 0.392 bits per heavy atom. The summed E-state index contributed by atoms with van der Waals surface area (Å²) in [7, 11) is 5.92. The summed E-state index contributed by atoms with van der Waals surface area (Å²) in [5, 5.41) is 11.8. The van der Waals surface area contributed by atoms with E-state index in [4.69, 9.17) is 18.9 Å². The average molecular weight is 1110 g/mol. The maximum atomic E-state index is 12.9. The molecule has 79 heavy (non-hydrogen) atoms. The van der Waals surface area contributed by atoms with Gasteiger partial charge in [0, 0.05) is 12.8 Å². The average Bonchev–Trinajstić information content (AvgIpc) is 3.42. The second-order valence-electron chi connectivity index (χ2n) is 23.7. The van der Waals surface area contributed by atoms with E-state index in [0.29, 0.717) is 23.9 Å². The molecule has 0 aliphatic heterocycles. The Kier molecular flexibility index (Phi) is 58.7. The van der Waals surface area contributed by atoms with Crippen LogP contribution in [0.3, 0.4) is 0 Å². The molecule has 0 aromatic heterocycles. The molecule has 0 amide bonds. The van der Waals surface area contributed by atoms with Crippen LogP contribution in [0, 0.1) is 0 Å². The van der Waals surface area contributed by atoms with Gasteiger partial charge in [-0.25, -0.2) is 0 Å².